The third-order valence-electron chi connectivity index (χ3n) is 9.02. The highest BCUT2D eigenvalue weighted by atomic mass is 79.9. The number of carbonyl (C=O) groups excluding carboxylic acids is 3. The Morgan fingerprint density at radius 1 is 0.977 bits per heavy atom. The Labute approximate surface area is 270 Å². The van der Waals surface area contributed by atoms with Gasteiger partial charge in [-0.2, -0.15) is 0 Å². The number of ketones is 1. The predicted octanol–water partition coefficient (Wildman–Crippen LogP) is 8.78. The van der Waals surface area contributed by atoms with Gasteiger partial charge in [0.1, 0.15) is 11.4 Å². The third-order valence-corrected chi connectivity index (χ3v) is 10.1. The van der Waals surface area contributed by atoms with Crippen LogP contribution in [0, 0.1) is 17.8 Å². The van der Waals surface area contributed by atoms with E-state index in [0.717, 1.165) is 40.4 Å². The van der Waals surface area contributed by atoms with Gasteiger partial charge in [0, 0.05) is 33.3 Å². The highest BCUT2D eigenvalue weighted by Gasteiger charge is 2.50. The van der Waals surface area contributed by atoms with Gasteiger partial charge in [-0.05, 0) is 93.0 Å². The largest absolute Gasteiger partial charge is 0.491 e. The van der Waals surface area contributed by atoms with Crippen molar-refractivity contribution in [3.8, 4) is 0 Å². The lowest BCUT2D eigenvalue weighted by atomic mass is 9.73. The summed E-state index contributed by atoms with van der Waals surface area (Å²) in [6.07, 6.45) is 6.99. The summed E-state index contributed by atoms with van der Waals surface area (Å²) in [5.41, 5.74) is 2.67. The van der Waals surface area contributed by atoms with Crippen LogP contribution < -0.4 is 0 Å². The summed E-state index contributed by atoms with van der Waals surface area (Å²) in [6.45, 7) is 6.92. The van der Waals surface area contributed by atoms with Gasteiger partial charge in [0.2, 0.25) is 5.78 Å². The van der Waals surface area contributed by atoms with Crippen LogP contribution >= 0.6 is 31.9 Å². The zero-order valence-corrected chi connectivity index (χ0v) is 28.0. The molecule has 5 rings (SSSR count). The summed E-state index contributed by atoms with van der Waals surface area (Å²) >= 11 is 6.76. The molecule has 8 heteroatoms. The number of hydrogen-bond donors (Lipinski definition) is 0. The molecule has 2 aliphatic carbocycles. The molecule has 0 N–H and O–H groups in total. The second-order valence-electron chi connectivity index (χ2n) is 12.3. The molecule has 2 aromatic carbocycles. The van der Waals surface area contributed by atoms with Gasteiger partial charge in [0.05, 0.1) is 17.7 Å². The zero-order valence-electron chi connectivity index (χ0n) is 24.9. The fourth-order valence-corrected chi connectivity index (χ4v) is 6.97. The van der Waals surface area contributed by atoms with E-state index in [1.807, 2.05) is 12.1 Å². The van der Waals surface area contributed by atoms with Crippen molar-refractivity contribution in [2.24, 2.45) is 17.8 Å². The summed E-state index contributed by atoms with van der Waals surface area (Å²) < 4.78 is 19.6. The first-order chi connectivity index (χ1) is 20.5. The van der Waals surface area contributed by atoms with Crippen molar-refractivity contribution in [3.63, 3.8) is 0 Å². The minimum atomic E-state index is -0.784. The highest BCUT2D eigenvalue weighted by Crippen LogP contribution is 2.52. The van der Waals surface area contributed by atoms with Crippen molar-refractivity contribution in [2.75, 3.05) is 6.61 Å². The Kier molecular flexibility index (Phi) is 9.96. The highest BCUT2D eigenvalue weighted by molar-refractivity contribution is 9.10. The SMILES string of the molecule is CC(CCCC(C)C1=CCC2(C)OC3=C(CC12)C(=O)C(OC(=O)c1ccc(Br)cc1)CC3)COC(=O)c1ccc(Br)cc1. The monoisotopic (exact) mass is 712 g/mol. The summed E-state index contributed by atoms with van der Waals surface area (Å²) in [5.74, 6) is 0.598. The minimum Gasteiger partial charge on any atom is -0.491 e. The van der Waals surface area contributed by atoms with Crippen molar-refractivity contribution >= 4 is 49.6 Å². The van der Waals surface area contributed by atoms with E-state index in [9.17, 15) is 14.4 Å². The van der Waals surface area contributed by atoms with E-state index in [2.05, 4.69) is 58.7 Å². The van der Waals surface area contributed by atoms with Gasteiger partial charge < -0.3 is 14.2 Å². The Hall–Kier alpha value is -2.71. The first-order valence-electron chi connectivity index (χ1n) is 15.1. The zero-order chi connectivity index (χ0) is 30.7. The Morgan fingerprint density at radius 3 is 2.26 bits per heavy atom. The molecule has 5 unspecified atom stereocenters. The van der Waals surface area contributed by atoms with Crippen molar-refractivity contribution in [3.05, 3.63) is 91.6 Å². The Bertz CT molecular complexity index is 1430. The van der Waals surface area contributed by atoms with Crippen LogP contribution in [0.1, 0.15) is 86.4 Å². The van der Waals surface area contributed by atoms with Crippen molar-refractivity contribution in [2.45, 2.75) is 77.4 Å². The van der Waals surface area contributed by atoms with Gasteiger partial charge in [-0.15, -0.1) is 0 Å². The van der Waals surface area contributed by atoms with E-state index in [-0.39, 0.29) is 29.2 Å². The summed E-state index contributed by atoms with van der Waals surface area (Å²) in [7, 11) is 0. The van der Waals surface area contributed by atoms with E-state index in [1.165, 1.54) is 5.57 Å². The van der Waals surface area contributed by atoms with Gasteiger partial charge in [0.25, 0.3) is 0 Å². The summed E-state index contributed by atoms with van der Waals surface area (Å²) in [4.78, 5) is 38.6. The molecule has 0 amide bonds. The molecule has 0 aromatic heterocycles. The van der Waals surface area contributed by atoms with E-state index in [0.29, 0.717) is 48.5 Å². The maximum Gasteiger partial charge on any atom is 0.338 e. The Morgan fingerprint density at radius 2 is 1.60 bits per heavy atom. The molecule has 228 valence electrons. The maximum absolute atomic E-state index is 13.5. The molecular formula is C35H38Br2O6. The van der Waals surface area contributed by atoms with Crippen molar-refractivity contribution in [1.29, 1.82) is 0 Å². The number of fused-ring (bicyclic) bond motifs is 1. The smallest absolute Gasteiger partial charge is 0.338 e. The van der Waals surface area contributed by atoms with Crippen LogP contribution in [0.15, 0.2) is 80.5 Å². The molecule has 0 saturated carbocycles. The average Bonchev–Trinajstić information content (AvgIpc) is 3.33. The number of halogens is 2. The van der Waals surface area contributed by atoms with E-state index in [4.69, 9.17) is 14.2 Å². The molecule has 0 spiro atoms. The number of benzene rings is 2. The lowest BCUT2D eigenvalue weighted by Gasteiger charge is -2.43. The predicted molar refractivity (Wildman–Crippen MR) is 172 cm³/mol. The second kappa shape index (κ2) is 13.5. The molecular weight excluding hydrogens is 676 g/mol. The van der Waals surface area contributed by atoms with Crippen LogP contribution in [-0.4, -0.2) is 36.0 Å². The standard InChI is InChI=1S/C35H38Br2O6/c1-21(20-41-33(39)23-7-11-25(36)12-8-23)5-4-6-22(2)27-17-18-35(3)29(27)19-28-30(43-35)15-16-31(32(28)38)42-34(40)24-9-13-26(37)14-10-24/h7-14,17,21-22,29,31H,4-6,15-16,18-20H2,1-3H3. The Balaban J connectivity index is 1.13. The van der Waals surface area contributed by atoms with Gasteiger partial charge in [-0.1, -0.05) is 63.8 Å². The quantitative estimate of drug-likeness (QED) is 0.181. The molecule has 0 bridgehead atoms. The van der Waals surface area contributed by atoms with Gasteiger partial charge in [-0.25, -0.2) is 9.59 Å². The number of allylic oxidation sites excluding steroid dienone is 1. The molecule has 0 saturated heterocycles. The molecule has 2 aromatic rings. The average molecular weight is 714 g/mol. The van der Waals surface area contributed by atoms with E-state index in [1.54, 1.807) is 36.4 Å². The molecule has 0 radical (unpaired) electrons. The van der Waals surface area contributed by atoms with Crippen molar-refractivity contribution in [1.82, 2.24) is 0 Å². The number of hydrogen-bond acceptors (Lipinski definition) is 6. The molecule has 0 fully saturated rings. The number of Topliss-reactive ketones (excluding diaryl/α,β-unsaturated/α-hetero) is 1. The summed E-state index contributed by atoms with van der Waals surface area (Å²) in [5, 5.41) is 0. The van der Waals surface area contributed by atoms with Crippen LogP contribution in [0.3, 0.4) is 0 Å². The van der Waals surface area contributed by atoms with Crippen LogP contribution in [-0.2, 0) is 19.0 Å². The van der Waals surface area contributed by atoms with Gasteiger partial charge in [-0.3, -0.25) is 4.79 Å². The van der Waals surface area contributed by atoms with E-state index < -0.39 is 12.1 Å². The first-order valence-corrected chi connectivity index (χ1v) is 16.7. The van der Waals surface area contributed by atoms with Gasteiger partial charge in [0.15, 0.2) is 6.10 Å². The van der Waals surface area contributed by atoms with Crippen LogP contribution in [0.25, 0.3) is 0 Å². The molecule has 6 nitrogen and oxygen atoms in total. The minimum absolute atomic E-state index is 0.121. The molecule has 43 heavy (non-hydrogen) atoms. The third kappa shape index (κ3) is 7.34. The number of rotatable bonds is 10. The van der Waals surface area contributed by atoms with Crippen LogP contribution in [0.2, 0.25) is 0 Å². The molecule has 1 heterocycles. The first kappa shape index (κ1) is 31.7. The van der Waals surface area contributed by atoms with Crippen LogP contribution in [0.5, 0.6) is 0 Å². The fraction of sp³-hybridized carbons (Fsp3) is 0.457. The number of ether oxygens (including phenoxy) is 3. The maximum atomic E-state index is 13.5. The van der Waals surface area contributed by atoms with E-state index >= 15 is 0 Å². The molecule has 3 aliphatic rings. The normalized spacial score (nSPS) is 24.3. The summed E-state index contributed by atoms with van der Waals surface area (Å²) in [6, 6.07) is 14.1. The lowest BCUT2D eigenvalue weighted by Crippen LogP contribution is -2.44. The lowest BCUT2D eigenvalue weighted by molar-refractivity contribution is -0.128. The molecule has 5 atom stereocenters. The molecule has 1 aliphatic heterocycles. The fourth-order valence-electron chi connectivity index (χ4n) is 6.44. The van der Waals surface area contributed by atoms with Crippen molar-refractivity contribution < 1.29 is 28.6 Å². The van der Waals surface area contributed by atoms with Crippen LogP contribution in [0.4, 0.5) is 0 Å². The second-order valence-corrected chi connectivity index (χ2v) is 14.2. The van der Waals surface area contributed by atoms with Gasteiger partial charge >= 0.3 is 11.9 Å². The number of esters is 2. The number of carbonyl (C=O) groups is 3. The topological polar surface area (TPSA) is 78.9 Å².